The van der Waals surface area contributed by atoms with E-state index in [9.17, 15) is 0 Å². The van der Waals surface area contributed by atoms with E-state index in [0.29, 0.717) is 0 Å². The Hall–Kier alpha value is -0.500. The van der Waals surface area contributed by atoms with Crippen LogP contribution in [-0.2, 0) is 6.54 Å². The zero-order valence-corrected chi connectivity index (χ0v) is 9.93. The fraction of sp³-hybridized carbons (Fsp3) is 0.333. The van der Waals surface area contributed by atoms with Gasteiger partial charge in [0.1, 0.15) is 0 Å². The molecule has 0 fully saturated rings. The molecule has 2 rings (SSSR count). The molecule has 0 saturated carbocycles. The highest BCUT2D eigenvalue weighted by molar-refractivity contribution is 6.33. The molecule has 1 aromatic carbocycles. The van der Waals surface area contributed by atoms with E-state index in [1.165, 1.54) is 0 Å². The van der Waals surface area contributed by atoms with Gasteiger partial charge in [-0.15, -0.1) is 0 Å². The zero-order valence-electron chi connectivity index (χ0n) is 8.42. The first-order valence-electron chi connectivity index (χ1n) is 5.07. The van der Waals surface area contributed by atoms with Gasteiger partial charge in [-0.25, -0.2) is 0 Å². The van der Waals surface area contributed by atoms with Crippen LogP contribution in [-0.4, -0.2) is 18.0 Å². The monoisotopic (exact) mass is 241 g/mol. The van der Waals surface area contributed by atoms with Crippen molar-refractivity contribution in [3.05, 3.63) is 46.0 Å². The molecule has 0 aromatic heterocycles. The van der Waals surface area contributed by atoms with E-state index in [2.05, 4.69) is 17.1 Å². The van der Waals surface area contributed by atoms with E-state index in [0.717, 1.165) is 41.7 Å². The van der Waals surface area contributed by atoms with E-state index in [1.54, 1.807) is 0 Å². The molecule has 0 N–H and O–H groups in total. The summed E-state index contributed by atoms with van der Waals surface area (Å²) in [5, 5.41) is 1.55. The van der Waals surface area contributed by atoms with Gasteiger partial charge in [-0.3, -0.25) is 4.90 Å². The summed E-state index contributed by atoms with van der Waals surface area (Å²) in [6.07, 6.45) is 5.54. The van der Waals surface area contributed by atoms with Crippen LogP contribution in [0.3, 0.4) is 0 Å². The third-order valence-corrected chi connectivity index (χ3v) is 3.15. The summed E-state index contributed by atoms with van der Waals surface area (Å²) < 4.78 is 0. The predicted octanol–water partition coefficient (Wildman–Crippen LogP) is 3.76. The van der Waals surface area contributed by atoms with E-state index < -0.39 is 0 Å². The molecule has 0 atom stereocenters. The van der Waals surface area contributed by atoms with Crippen LogP contribution in [0.4, 0.5) is 0 Å². The first-order chi connectivity index (χ1) is 7.25. The van der Waals surface area contributed by atoms with Crippen LogP contribution in [0.15, 0.2) is 30.4 Å². The highest BCUT2D eigenvalue weighted by Crippen LogP contribution is 2.22. The molecule has 1 aromatic rings. The summed E-state index contributed by atoms with van der Waals surface area (Å²) in [6.45, 7) is 2.98. The second-order valence-corrected chi connectivity index (χ2v) is 4.57. The maximum absolute atomic E-state index is 6.11. The fourth-order valence-corrected chi connectivity index (χ4v) is 2.11. The van der Waals surface area contributed by atoms with Crippen molar-refractivity contribution in [1.82, 2.24) is 4.90 Å². The van der Waals surface area contributed by atoms with Crippen LogP contribution in [0.1, 0.15) is 12.0 Å². The Labute approximate surface area is 100 Å². The molecule has 15 heavy (non-hydrogen) atoms. The van der Waals surface area contributed by atoms with E-state index >= 15 is 0 Å². The van der Waals surface area contributed by atoms with Crippen LogP contribution in [0.25, 0.3) is 0 Å². The molecule has 1 aliphatic heterocycles. The molecular weight excluding hydrogens is 229 g/mol. The molecule has 1 heterocycles. The van der Waals surface area contributed by atoms with Crippen molar-refractivity contribution in [1.29, 1.82) is 0 Å². The molecule has 1 aliphatic rings. The minimum absolute atomic E-state index is 0.752. The summed E-state index contributed by atoms with van der Waals surface area (Å²) in [6, 6.07) is 5.63. The lowest BCUT2D eigenvalue weighted by Crippen LogP contribution is -2.26. The molecule has 0 saturated heterocycles. The number of benzene rings is 1. The van der Waals surface area contributed by atoms with Gasteiger partial charge >= 0.3 is 0 Å². The Kier molecular flexibility index (Phi) is 3.68. The van der Waals surface area contributed by atoms with Gasteiger partial charge in [-0.05, 0) is 30.2 Å². The van der Waals surface area contributed by atoms with Crippen LogP contribution < -0.4 is 0 Å². The Morgan fingerprint density at radius 2 is 2.07 bits per heavy atom. The van der Waals surface area contributed by atoms with Gasteiger partial charge in [0.2, 0.25) is 0 Å². The third kappa shape index (κ3) is 2.97. The Morgan fingerprint density at radius 1 is 1.20 bits per heavy atom. The van der Waals surface area contributed by atoms with Crippen molar-refractivity contribution in [2.45, 2.75) is 13.0 Å². The Morgan fingerprint density at radius 3 is 2.80 bits per heavy atom. The molecule has 80 valence electrons. The SMILES string of the molecule is Clc1ccc(Cl)c(CN2CC=CCC2)c1. The minimum Gasteiger partial charge on any atom is -0.295 e. The van der Waals surface area contributed by atoms with Crippen molar-refractivity contribution in [3.63, 3.8) is 0 Å². The maximum Gasteiger partial charge on any atom is 0.0452 e. The number of rotatable bonds is 2. The molecule has 0 unspecified atom stereocenters. The maximum atomic E-state index is 6.11. The lowest BCUT2D eigenvalue weighted by Gasteiger charge is -2.23. The smallest absolute Gasteiger partial charge is 0.0452 e. The number of hydrogen-bond acceptors (Lipinski definition) is 1. The summed E-state index contributed by atoms with van der Waals surface area (Å²) in [7, 11) is 0. The third-order valence-electron chi connectivity index (χ3n) is 2.54. The van der Waals surface area contributed by atoms with Gasteiger partial charge in [-0.2, -0.15) is 0 Å². The van der Waals surface area contributed by atoms with E-state index in [4.69, 9.17) is 23.2 Å². The van der Waals surface area contributed by atoms with Crippen molar-refractivity contribution in [3.8, 4) is 0 Å². The van der Waals surface area contributed by atoms with Crippen LogP contribution in [0.5, 0.6) is 0 Å². The second kappa shape index (κ2) is 5.02. The van der Waals surface area contributed by atoms with Gasteiger partial charge in [0.05, 0.1) is 0 Å². The van der Waals surface area contributed by atoms with Crippen LogP contribution >= 0.6 is 23.2 Å². The highest BCUT2D eigenvalue weighted by atomic mass is 35.5. The second-order valence-electron chi connectivity index (χ2n) is 3.73. The molecular formula is C12H13Cl2N. The topological polar surface area (TPSA) is 3.24 Å². The quantitative estimate of drug-likeness (QED) is 0.714. The predicted molar refractivity (Wildman–Crippen MR) is 65.5 cm³/mol. The van der Waals surface area contributed by atoms with Gasteiger partial charge in [-0.1, -0.05) is 35.4 Å². The van der Waals surface area contributed by atoms with E-state index in [-0.39, 0.29) is 0 Å². The molecule has 0 radical (unpaired) electrons. The Bertz CT molecular complexity index is 374. The zero-order chi connectivity index (χ0) is 10.7. The van der Waals surface area contributed by atoms with Crippen molar-refractivity contribution in [2.24, 2.45) is 0 Å². The first kappa shape index (κ1) is 11.0. The molecule has 0 spiro atoms. The van der Waals surface area contributed by atoms with Crippen molar-refractivity contribution in [2.75, 3.05) is 13.1 Å². The van der Waals surface area contributed by atoms with Crippen LogP contribution in [0, 0.1) is 0 Å². The Balaban J connectivity index is 2.09. The number of nitrogens with zero attached hydrogens (tertiary/aromatic N) is 1. The first-order valence-corrected chi connectivity index (χ1v) is 5.82. The summed E-state index contributed by atoms with van der Waals surface area (Å²) in [5.74, 6) is 0. The molecule has 3 heteroatoms. The van der Waals surface area contributed by atoms with Crippen LogP contribution in [0.2, 0.25) is 10.0 Å². The largest absolute Gasteiger partial charge is 0.295 e. The average molecular weight is 242 g/mol. The van der Waals surface area contributed by atoms with Crippen molar-refractivity contribution >= 4 is 23.2 Å². The number of halogens is 2. The summed E-state index contributed by atoms with van der Waals surface area (Å²) >= 11 is 12.1. The fourth-order valence-electron chi connectivity index (χ4n) is 1.74. The van der Waals surface area contributed by atoms with E-state index in [1.807, 2.05) is 18.2 Å². The molecule has 0 aliphatic carbocycles. The lowest BCUT2D eigenvalue weighted by atomic mass is 10.2. The van der Waals surface area contributed by atoms with Crippen molar-refractivity contribution < 1.29 is 0 Å². The van der Waals surface area contributed by atoms with Gasteiger partial charge in [0.15, 0.2) is 0 Å². The number of hydrogen-bond donors (Lipinski definition) is 0. The lowest BCUT2D eigenvalue weighted by molar-refractivity contribution is 0.291. The summed E-state index contributed by atoms with van der Waals surface area (Å²) in [5.41, 5.74) is 1.11. The molecule has 0 bridgehead atoms. The highest BCUT2D eigenvalue weighted by Gasteiger charge is 2.09. The van der Waals surface area contributed by atoms with Gasteiger partial charge < -0.3 is 0 Å². The van der Waals surface area contributed by atoms with Gasteiger partial charge in [0.25, 0.3) is 0 Å². The van der Waals surface area contributed by atoms with Gasteiger partial charge in [0, 0.05) is 29.7 Å². The molecule has 1 nitrogen and oxygen atoms in total. The molecule has 0 amide bonds. The average Bonchev–Trinajstić information content (AvgIpc) is 2.25. The summed E-state index contributed by atoms with van der Waals surface area (Å²) in [4.78, 5) is 2.36. The normalized spacial score (nSPS) is 16.9. The minimum atomic E-state index is 0.752. The standard InChI is InChI=1S/C12H13Cl2N/c13-11-4-5-12(14)10(8-11)9-15-6-2-1-3-7-15/h1-2,4-5,8H,3,6-7,9H2.